The summed E-state index contributed by atoms with van der Waals surface area (Å²) in [6.07, 6.45) is 1.72. The highest BCUT2D eigenvalue weighted by Crippen LogP contribution is 2.51. The quantitative estimate of drug-likeness (QED) is 0.451. The number of nitrogens with zero attached hydrogens (tertiary/aromatic N) is 1. The standard InChI is InChI=1S/C20H21NO8/c1-21-6-5-20-10-27-19(25)29-18(20)14(21)9-12-13(20)7-11(26-2)8-15(12)28-17(24)4-3-16(22)23/h3-4,7-8,14,18H,5-6,9-10H2,1-2H3,(H,22,23)/b4-3+/t14-,18+,20-/m1/s1. The van der Waals surface area contributed by atoms with Crippen LogP contribution in [0.3, 0.4) is 0 Å². The van der Waals surface area contributed by atoms with E-state index in [4.69, 9.17) is 24.1 Å². The molecule has 3 aliphatic rings. The average molecular weight is 403 g/mol. The normalized spacial score (nSPS) is 28.0. The molecule has 0 radical (unpaired) electrons. The van der Waals surface area contributed by atoms with Crippen LogP contribution in [0.4, 0.5) is 4.79 Å². The molecule has 4 rings (SSSR count). The Bertz CT molecular complexity index is 910. The van der Waals surface area contributed by atoms with Crippen molar-refractivity contribution in [3.05, 3.63) is 35.4 Å². The van der Waals surface area contributed by atoms with Crippen molar-refractivity contribution in [1.82, 2.24) is 4.90 Å². The van der Waals surface area contributed by atoms with Crippen molar-refractivity contribution in [2.45, 2.75) is 30.4 Å². The van der Waals surface area contributed by atoms with Crippen LogP contribution in [0.25, 0.3) is 0 Å². The zero-order valence-corrected chi connectivity index (χ0v) is 16.0. The van der Waals surface area contributed by atoms with Crippen LogP contribution in [0.1, 0.15) is 17.5 Å². The Kier molecular flexibility index (Phi) is 4.70. The van der Waals surface area contributed by atoms with Gasteiger partial charge in [-0.3, -0.25) is 4.90 Å². The van der Waals surface area contributed by atoms with Crippen LogP contribution in [-0.4, -0.2) is 67.6 Å². The number of carbonyl (C=O) groups is 3. The molecule has 29 heavy (non-hydrogen) atoms. The van der Waals surface area contributed by atoms with E-state index in [1.807, 2.05) is 13.1 Å². The van der Waals surface area contributed by atoms with E-state index >= 15 is 0 Å². The summed E-state index contributed by atoms with van der Waals surface area (Å²) in [7, 11) is 3.47. The van der Waals surface area contributed by atoms with Crippen LogP contribution in [0, 0.1) is 0 Å². The van der Waals surface area contributed by atoms with Crippen LogP contribution in [-0.2, 0) is 30.9 Å². The van der Waals surface area contributed by atoms with E-state index in [2.05, 4.69) is 4.90 Å². The molecule has 1 aromatic rings. The monoisotopic (exact) mass is 403 g/mol. The van der Waals surface area contributed by atoms with Gasteiger partial charge in [-0.05, 0) is 38.1 Å². The number of aliphatic carboxylic acids is 1. The number of cyclic esters (lactones) is 1. The number of rotatable bonds is 4. The van der Waals surface area contributed by atoms with E-state index in [1.165, 1.54) is 7.11 Å². The van der Waals surface area contributed by atoms with Crippen molar-refractivity contribution in [2.24, 2.45) is 0 Å². The molecule has 3 atom stereocenters. The molecule has 2 aliphatic heterocycles. The van der Waals surface area contributed by atoms with Crippen LogP contribution in [0.2, 0.25) is 0 Å². The molecule has 1 aliphatic carbocycles. The molecule has 9 nitrogen and oxygen atoms in total. The lowest BCUT2D eigenvalue weighted by Crippen LogP contribution is -2.67. The van der Waals surface area contributed by atoms with Crippen molar-refractivity contribution >= 4 is 18.1 Å². The zero-order chi connectivity index (χ0) is 20.8. The summed E-state index contributed by atoms with van der Waals surface area (Å²) in [5.74, 6) is -1.26. The molecule has 2 saturated heterocycles. The minimum atomic E-state index is -1.24. The number of carbonyl (C=O) groups excluding carboxylic acids is 2. The van der Waals surface area contributed by atoms with Gasteiger partial charge in [0.1, 0.15) is 24.2 Å². The number of hydrogen-bond donors (Lipinski definition) is 1. The molecule has 9 heteroatoms. The number of hydrogen-bond acceptors (Lipinski definition) is 8. The van der Waals surface area contributed by atoms with Gasteiger partial charge >= 0.3 is 18.1 Å². The van der Waals surface area contributed by atoms with Crippen molar-refractivity contribution in [3.63, 3.8) is 0 Å². The number of piperidine rings is 1. The smallest absolute Gasteiger partial charge is 0.497 e. The Morgan fingerprint density at radius 2 is 2.14 bits per heavy atom. The second-order valence-electron chi connectivity index (χ2n) is 7.48. The summed E-state index contributed by atoms with van der Waals surface area (Å²) >= 11 is 0. The lowest BCUT2D eigenvalue weighted by Gasteiger charge is -2.56. The number of methoxy groups -OCH3 is 1. The van der Waals surface area contributed by atoms with Gasteiger partial charge in [0.05, 0.1) is 18.6 Å². The maximum atomic E-state index is 12.1. The molecule has 0 amide bonds. The van der Waals surface area contributed by atoms with Crippen LogP contribution >= 0.6 is 0 Å². The maximum Gasteiger partial charge on any atom is 0.508 e. The van der Waals surface area contributed by atoms with Gasteiger partial charge < -0.3 is 24.1 Å². The largest absolute Gasteiger partial charge is 0.508 e. The van der Waals surface area contributed by atoms with Gasteiger partial charge in [0.25, 0.3) is 0 Å². The predicted molar refractivity (Wildman–Crippen MR) is 98.0 cm³/mol. The lowest BCUT2D eigenvalue weighted by molar-refractivity contribution is -0.134. The van der Waals surface area contributed by atoms with E-state index in [9.17, 15) is 14.4 Å². The van der Waals surface area contributed by atoms with Crippen molar-refractivity contribution in [1.29, 1.82) is 0 Å². The first-order valence-electron chi connectivity index (χ1n) is 9.22. The molecular weight excluding hydrogens is 382 g/mol. The highest BCUT2D eigenvalue weighted by molar-refractivity contribution is 5.92. The number of fused-ring (bicyclic) bond motifs is 1. The second-order valence-corrected chi connectivity index (χ2v) is 7.48. The Morgan fingerprint density at radius 1 is 1.34 bits per heavy atom. The van der Waals surface area contributed by atoms with Gasteiger partial charge in [-0.1, -0.05) is 0 Å². The third kappa shape index (κ3) is 3.21. The minimum absolute atomic E-state index is 0.0930. The van der Waals surface area contributed by atoms with Crippen molar-refractivity contribution in [2.75, 3.05) is 27.3 Å². The van der Waals surface area contributed by atoms with Crippen molar-refractivity contribution in [3.8, 4) is 11.5 Å². The van der Waals surface area contributed by atoms with Gasteiger partial charge in [0, 0.05) is 23.8 Å². The number of carboxylic acid groups (broad SMARTS) is 1. The maximum absolute atomic E-state index is 12.1. The number of benzene rings is 1. The fourth-order valence-corrected chi connectivity index (χ4v) is 4.56. The second kappa shape index (κ2) is 7.07. The Labute approximate surface area is 166 Å². The lowest BCUT2D eigenvalue weighted by atomic mass is 9.61. The molecule has 1 aromatic carbocycles. The summed E-state index contributed by atoms with van der Waals surface area (Å²) in [4.78, 5) is 36.7. The minimum Gasteiger partial charge on any atom is -0.497 e. The van der Waals surface area contributed by atoms with Crippen LogP contribution in [0.5, 0.6) is 11.5 Å². The van der Waals surface area contributed by atoms with Gasteiger partial charge in [-0.2, -0.15) is 0 Å². The summed E-state index contributed by atoms with van der Waals surface area (Å²) in [6.45, 7) is 0.975. The third-order valence-electron chi connectivity index (χ3n) is 5.98. The first-order chi connectivity index (χ1) is 13.8. The molecule has 2 fully saturated rings. The Hall–Kier alpha value is -3.07. The SMILES string of the molecule is COc1cc(OC(=O)/C=C/C(=O)O)c2c(c1)[C@]13CCN(C)[C@H](C2)[C@@H]1OC(=O)OC3. The van der Waals surface area contributed by atoms with E-state index in [0.717, 1.165) is 29.8 Å². The summed E-state index contributed by atoms with van der Waals surface area (Å²) < 4.78 is 21.7. The molecule has 0 spiro atoms. The molecule has 2 heterocycles. The van der Waals surface area contributed by atoms with E-state index < -0.39 is 23.5 Å². The Morgan fingerprint density at radius 3 is 2.86 bits per heavy atom. The zero-order valence-electron chi connectivity index (χ0n) is 16.0. The summed E-state index contributed by atoms with van der Waals surface area (Å²) in [5.41, 5.74) is 1.10. The highest BCUT2D eigenvalue weighted by atomic mass is 16.7. The number of ether oxygens (including phenoxy) is 4. The molecule has 1 N–H and O–H groups in total. The number of esters is 1. The molecule has 2 bridgehead atoms. The van der Waals surface area contributed by atoms with E-state index in [1.54, 1.807) is 6.07 Å². The molecule has 0 saturated carbocycles. The van der Waals surface area contributed by atoms with Gasteiger partial charge in [0.2, 0.25) is 0 Å². The first-order valence-corrected chi connectivity index (χ1v) is 9.22. The van der Waals surface area contributed by atoms with Crippen LogP contribution < -0.4 is 9.47 Å². The third-order valence-corrected chi connectivity index (χ3v) is 5.98. The Balaban J connectivity index is 1.80. The van der Waals surface area contributed by atoms with E-state index in [0.29, 0.717) is 24.3 Å². The van der Waals surface area contributed by atoms with Gasteiger partial charge in [-0.25, -0.2) is 14.4 Å². The first kappa shape index (κ1) is 19.3. The van der Waals surface area contributed by atoms with E-state index in [-0.39, 0.29) is 18.8 Å². The number of likely N-dealkylation sites (N-methyl/N-ethyl adjacent to an activating group) is 1. The summed E-state index contributed by atoms with van der Waals surface area (Å²) in [6, 6.07) is 3.38. The van der Waals surface area contributed by atoms with Gasteiger partial charge in [-0.15, -0.1) is 0 Å². The fraction of sp³-hybridized carbons (Fsp3) is 0.450. The van der Waals surface area contributed by atoms with Crippen molar-refractivity contribution < 1.29 is 38.4 Å². The number of carboxylic acids is 1. The summed E-state index contributed by atoms with van der Waals surface area (Å²) in [5, 5.41) is 8.72. The fourth-order valence-electron chi connectivity index (χ4n) is 4.56. The topological polar surface area (TPSA) is 112 Å². The molecule has 154 valence electrons. The molecule has 0 unspecified atom stereocenters. The van der Waals surface area contributed by atoms with Gasteiger partial charge in [0.15, 0.2) is 0 Å². The molecule has 0 aromatic heterocycles. The van der Waals surface area contributed by atoms with Crippen LogP contribution in [0.15, 0.2) is 24.3 Å². The predicted octanol–water partition coefficient (Wildman–Crippen LogP) is 1.27. The highest BCUT2D eigenvalue weighted by Gasteiger charge is 2.58. The average Bonchev–Trinajstić information content (AvgIpc) is 2.69. The molecular formula is C20H21NO8. The number of likely N-dealkylation sites (tertiary alicyclic amines) is 1.